The van der Waals surface area contributed by atoms with Crippen molar-refractivity contribution >= 4 is 12.2 Å². The first-order chi connectivity index (χ1) is 9.66. The highest BCUT2D eigenvalue weighted by atomic mass is 16.5. The van der Waals surface area contributed by atoms with Crippen molar-refractivity contribution in [3.8, 4) is 0 Å². The highest BCUT2D eigenvalue weighted by Gasteiger charge is 2.35. The Morgan fingerprint density at radius 3 is 2.80 bits per heavy atom. The van der Waals surface area contributed by atoms with Crippen LogP contribution in [0.25, 0.3) is 12.2 Å². The Bertz CT molecular complexity index is 624. The zero-order valence-corrected chi connectivity index (χ0v) is 11.7. The summed E-state index contributed by atoms with van der Waals surface area (Å²) in [6.45, 7) is 2.07. The van der Waals surface area contributed by atoms with Crippen LogP contribution in [0.4, 0.5) is 0 Å². The molecule has 1 aliphatic carbocycles. The summed E-state index contributed by atoms with van der Waals surface area (Å²) in [6, 6.07) is 8.25. The Kier molecular flexibility index (Phi) is 3.40. The molecule has 2 aromatic rings. The van der Waals surface area contributed by atoms with Crippen LogP contribution in [0, 0.1) is 6.92 Å². The predicted octanol–water partition coefficient (Wildman–Crippen LogP) is 3.28. The van der Waals surface area contributed by atoms with Crippen molar-refractivity contribution in [2.75, 3.05) is 0 Å². The fourth-order valence-electron chi connectivity index (χ4n) is 2.68. The molecule has 0 aliphatic heterocycles. The van der Waals surface area contributed by atoms with Crippen molar-refractivity contribution in [1.29, 1.82) is 0 Å². The van der Waals surface area contributed by atoms with E-state index in [2.05, 4.69) is 29.2 Å². The highest BCUT2D eigenvalue weighted by Crippen LogP contribution is 2.34. The van der Waals surface area contributed by atoms with E-state index in [1.807, 2.05) is 24.3 Å². The Balaban J connectivity index is 1.77. The molecule has 0 atom stereocenters. The van der Waals surface area contributed by atoms with E-state index < -0.39 is 0 Å². The van der Waals surface area contributed by atoms with Gasteiger partial charge in [-0.2, -0.15) is 4.98 Å². The molecular weight excluding hydrogens is 250 g/mol. The molecule has 1 saturated carbocycles. The van der Waals surface area contributed by atoms with E-state index in [1.165, 1.54) is 5.56 Å². The highest BCUT2D eigenvalue weighted by molar-refractivity contribution is 5.66. The molecular formula is C16H19N3O. The van der Waals surface area contributed by atoms with Gasteiger partial charge in [0.15, 0.2) is 5.82 Å². The summed E-state index contributed by atoms with van der Waals surface area (Å²) < 4.78 is 5.27. The molecule has 1 heterocycles. The molecule has 1 fully saturated rings. The van der Waals surface area contributed by atoms with Gasteiger partial charge in [-0.25, -0.2) is 0 Å². The van der Waals surface area contributed by atoms with Crippen molar-refractivity contribution in [2.45, 2.75) is 38.1 Å². The summed E-state index contributed by atoms with van der Waals surface area (Å²) in [5, 5.41) is 4.04. The summed E-state index contributed by atoms with van der Waals surface area (Å²) in [4.78, 5) is 4.41. The largest absolute Gasteiger partial charge is 0.335 e. The van der Waals surface area contributed by atoms with Crippen LogP contribution in [0.1, 0.15) is 48.5 Å². The Morgan fingerprint density at radius 2 is 2.05 bits per heavy atom. The second kappa shape index (κ2) is 5.21. The molecule has 20 heavy (non-hydrogen) atoms. The minimum absolute atomic E-state index is 0.390. The zero-order chi connectivity index (χ0) is 14.0. The minimum Gasteiger partial charge on any atom is -0.335 e. The average molecular weight is 269 g/mol. The summed E-state index contributed by atoms with van der Waals surface area (Å²) in [6.07, 6.45) is 7.96. The molecule has 0 unspecified atom stereocenters. The molecule has 0 bridgehead atoms. The van der Waals surface area contributed by atoms with Crippen molar-refractivity contribution in [1.82, 2.24) is 10.1 Å². The molecule has 4 heteroatoms. The summed E-state index contributed by atoms with van der Waals surface area (Å²) in [5.41, 5.74) is 8.27. The Morgan fingerprint density at radius 1 is 1.25 bits per heavy atom. The standard InChI is InChI=1S/C16H19N3O/c1-12-5-4-6-13(11-12)7-8-14-18-15(19-20-14)16(17)9-2-3-10-16/h4-8,11H,2-3,9-10,17H2,1H3/b8-7+. The predicted molar refractivity (Wildman–Crippen MR) is 78.7 cm³/mol. The first kappa shape index (κ1) is 13.1. The van der Waals surface area contributed by atoms with E-state index in [9.17, 15) is 0 Å². The smallest absolute Gasteiger partial charge is 0.250 e. The molecule has 0 amide bonds. The van der Waals surface area contributed by atoms with Crippen LogP contribution in [0.5, 0.6) is 0 Å². The molecule has 4 nitrogen and oxygen atoms in total. The fraction of sp³-hybridized carbons (Fsp3) is 0.375. The summed E-state index contributed by atoms with van der Waals surface area (Å²) >= 11 is 0. The van der Waals surface area contributed by atoms with E-state index in [1.54, 1.807) is 0 Å². The van der Waals surface area contributed by atoms with Crippen LogP contribution < -0.4 is 5.73 Å². The number of aryl methyl sites for hydroxylation is 1. The zero-order valence-electron chi connectivity index (χ0n) is 11.7. The van der Waals surface area contributed by atoms with Crippen LogP contribution in [0.3, 0.4) is 0 Å². The number of benzene rings is 1. The van der Waals surface area contributed by atoms with Gasteiger partial charge in [0.05, 0.1) is 5.54 Å². The summed E-state index contributed by atoms with van der Waals surface area (Å²) in [5.74, 6) is 1.15. The van der Waals surface area contributed by atoms with E-state index in [0.29, 0.717) is 11.7 Å². The molecule has 3 rings (SSSR count). The molecule has 1 aromatic carbocycles. The van der Waals surface area contributed by atoms with Crippen molar-refractivity contribution in [3.63, 3.8) is 0 Å². The maximum absolute atomic E-state index is 6.31. The quantitative estimate of drug-likeness (QED) is 0.928. The lowest BCUT2D eigenvalue weighted by atomic mass is 9.99. The van der Waals surface area contributed by atoms with Gasteiger partial charge in [0.2, 0.25) is 0 Å². The number of hydrogen-bond donors (Lipinski definition) is 1. The SMILES string of the molecule is Cc1cccc(/C=C/c2nc(C3(N)CCCC3)no2)c1. The monoisotopic (exact) mass is 269 g/mol. The minimum atomic E-state index is -0.390. The lowest BCUT2D eigenvalue weighted by Gasteiger charge is -2.17. The molecule has 104 valence electrons. The van der Waals surface area contributed by atoms with Crippen molar-refractivity contribution in [2.24, 2.45) is 5.73 Å². The molecule has 0 saturated heterocycles. The molecule has 2 N–H and O–H groups in total. The number of rotatable bonds is 3. The van der Waals surface area contributed by atoms with Crippen LogP contribution in [0.2, 0.25) is 0 Å². The molecule has 1 aliphatic rings. The Labute approximate surface area is 118 Å². The van der Waals surface area contributed by atoms with Crippen LogP contribution >= 0.6 is 0 Å². The Hall–Kier alpha value is -1.94. The first-order valence-electron chi connectivity index (χ1n) is 7.04. The maximum atomic E-state index is 6.31. The summed E-state index contributed by atoms with van der Waals surface area (Å²) in [7, 11) is 0. The van der Waals surface area contributed by atoms with Gasteiger partial charge in [-0.15, -0.1) is 0 Å². The normalized spacial score (nSPS) is 17.9. The molecule has 0 radical (unpaired) electrons. The van der Waals surface area contributed by atoms with Crippen LogP contribution in [-0.4, -0.2) is 10.1 Å². The van der Waals surface area contributed by atoms with Gasteiger partial charge >= 0.3 is 0 Å². The first-order valence-corrected chi connectivity index (χ1v) is 7.04. The maximum Gasteiger partial charge on any atom is 0.250 e. The van der Waals surface area contributed by atoms with Gasteiger partial charge in [-0.1, -0.05) is 47.8 Å². The lowest BCUT2D eigenvalue weighted by Crippen LogP contribution is -2.34. The van der Waals surface area contributed by atoms with E-state index >= 15 is 0 Å². The molecule has 1 aromatic heterocycles. The number of nitrogens with zero attached hydrogens (tertiary/aromatic N) is 2. The van der Waals surface area contributed by atoms with Crippen LogP contribution in [0.15, 0.2) is 28.8 Å². The van der Waals surface area contributed by atoms with Gasteiger partial charge in [-0.05, 0) is 31.4 Å². The van der Waals surface area contributed by atoms with Gasteiger partial charge in [0.1, 0.15) is 0 Å². The van der Waals surface area contributed by atoms with Gasteiger partial charge < -0.3 is 10.3 Å². The topological polar surface area (TPSA) is 64.9 Å². The van der Waals surface area contributed by atoms with Gasteiger partial charge in [-0.3, -0.25) is 0 Å². The lowest BCUT2D eigenvalue weighted by molar-refractivity contribution is 0.364. The number of nitrogens with two attached hydrogens (primary N) is 1. The van der Waals surface area contributed by atoms with Gasteiger partial charge in [0, 0.05) is 6.08 Å². The molecule has 0 spiro atoms. The number of aromatic nitrogens is 2. The third-order valence-electron chi connectivity index (χ3n) is 3.84. The second-order valence-electron chi connectivity index (χ2n) is 5.57. The van der Waals surface area contributed by atoms with Gasteiger partial charge in [0.25, 0.3) is 5.89 Å². The van der Waals surface area contributed by atoms with E-state index in [0.717, 1.165) is 31.2 Å². The third kappa shape index (κ3) is 2.65. The fourth-order valence-corrected chi connectivity index (χ4v) is 2.68. The third-order valence-corrected chi connectivity index (χ3v) is 3.84. The second-order valence-corrected chi connectivity index (χ2v) is 5.57. The number of hydrogen-bond acceptors (Lipinski definition) is 4. The van der Waals surface area contributed by atoms with E-state index in [4.69, 9.17) is 10.3 Å². The average Bonchev–Trinajstić information content (AvgIpc) is 3.06. The van der Waals surface area contributed by atoms with Crippen LogP contribution in [-0.2, 0) is 5.54 Å². The van der Waals surface area contributed by atoms with Crippen molar-refractivity contribution < 1.29 is 4.52 Å². The van der Waals surface area contributed by atoms with E-state index in [-0.39, 0.29) is 5.54 Å². The van der Waals surface area contributed by atoms with Crippen molar-refractivity contribution in [3.05, 3.63) is 47.1 Å².